The first-order valence-corrected chi connectivity index (χ1v) is 6.37. The minimum Gasteiger partial charge on any atom is -0.374 e. The molecule has 0 radical (unpaired) electrons. The number of rotatable bonds is 2. The van der Waals surface area contributed by atoms with Gasteiger partial charge in [0, 0.05) is 22.7 Å². The van der Waals surface area contributed by atoms with Gasteiger partial charge < -0.3 is 10.7 Å². The Morgan fingerprint density at radius 2 is 2.21 bits per heavy atom. The van der Waals surface area contributed by atoms with E-state index in [1.165, 1.54) is 11.3 Å². The Bertz CT molecular complexity index is 806. The summed E-state index contributed by atoms with van der Waals surface area (Å²) < 4.78 is 0. The van der Waals surface area contributed by atoms with E-state index in [1.807, 2.05) is 30.5 Å². The molecule has 2 heterocycles. The maximum atomic E-state index is 9.23. The number of nitrogens with zero attached hydrogens (tertiary/aromatic N) is 3. The molecular formula is C13H9N5S. The van der Waals surface area contributed by atoms with Gasteiger partial charge in [-0.15, -0.1) is 10.2 Å². The van der Waals surface area contributed by atoms with E-state index in [4.69, 9.17) is 5.73 Å². The third-order valence-electron chi connectivity index (χ3n) is 2.71. The van der Waals surface area contributed by atoms with Crippen LogP contribution in [0.3, 0.4) is 0 Å². The molecule has 0 bridgehead atoms. The highest BCUT2D eigenvalue weighted by Crippen LogP contribution is 2.25. The molecule has 0 atom stereocenters. The van der Waals surface area contributed by atoms with Crippen LogP contribution in [0.1, 0.15) is 10.6 Å². The SMILES string of the molecule is N#C/C(=C\c1c[nH]c2ccccc12)c1nnc(N)s1. The summed E-state index contributed by atoms with van der Waals surface area (Å²) >= 11 is 1.20. The summed E-state index contributed by atoms with van der Waals surface area (Å²) in [5.74, 6) is 0. The highest BCUT2D eigenvalue weighted by molar-refractivity contribution is 7.16. The Hall–Kier alpha value is -2.65. The molecule has 92 valence electrons. The molecule has 0 amide bonds. The fraction of sp³-hybridized carbons (Fsp3) is 0. The monoisotopic (exact) mass is 267 g/mol. The molecule has 0 aliphatic heterocycles. The number of H-pyrrole nitrogens is 1. The lowest BCUT2D eigenvalue weighted by Gasteiger charge is -1.93. The molecule has 0 saturated heterocycles. The smallest absolute Gasteiger partial charge is 0.203 e. The van der Waals surface area contributed by atoms with Crippen LogP contribution in [0.25, 0.3) is 22.6 Å². The molecule has 0 saturated carbocycles. The highest BCUT2D eigenvalue weighted by Gasteiger charge is 2.09. The predicted octanol–water partition coefficient (Wildman–Crippen LogP) is 2.67. The van der Waals surface area contributed by atoms with Crippen molar-refractivity contribution in [2.75, 3.05) is 5.73 Å². The lowest BCUT2D eigenvalue weighted by molar-refractivity contribution is 1.08. The van der Waals surface area contributed by atoms with Crippen LogP contribution in [0.4, 0.5) is 5.13 Å². The van der Waals surface area contributed by atoms with Crippen molar-refractivity contribution in [3.63, 3.8) is 0 Å². The summed E-state index contributed by atoms with van der Waals surface area (Å²) in [4.78, 5) is 3.16. The normalized spacial score (nSPS) is 11.6. The van der Waals surface area contributed by atoms with Crippen LogP contribution in [0.15, 0.2) is 30.5 Å². The number of aromatic amines is 1. The fourth-order valence-electron chi connectivity index (χ4n) is 1.85. The van der Waals surface area contributed by atoms with Crippen LogP contribution in [0, 0.1) is 11.3 Å². The summed E-state index contributed by atoms with van der Waals surface area (Å²) in [5.41, 5.74) is 7.97. The zero-order valence-corrected chi connectivity index (χ0v) is 10.6. The van der Waals surface area contributed by atoms with Crippen molar-refractivity contribution in [2.24, 2.45) is 0 Å². The van der Waals surface area contributed by atoms with Gasteiger partial charge in [-0.25, -0.2) is 0 Å². The number of nitrogens with two attached hydrogens (primary N) is 1. The van der Waals surface area contributed by atoms with Crippen LogP contribution in [-0.2, 0) is 0 Å². The highest BCUT2D eigenvalue weighted by atomic mass is 32.1. The number of hydrogen-bond donors (Lipinski definition) is 2. The van der Waals surface area contributed by atoms with Crippen LogP contribution in [0.2, 0.25) is 0 Å². The van der Waals surface area contributed by atoms with E-state index in [-0.39, 0.29) is 0 Å². The van der Waals surface area contributed by atoms with Gasteiger partial charge in [0.2, 0.25) is 5.13 Å². The van der Waals surface area contributed by atoms with E-state index in [1.54, 1.807) is 6.08 Å². The van der Waals surface area contributed by atoms with Crippen molar-refractivity contribution in [1.29, 1.82) is 5.26 Å². The van der Waals surface area contributed by atoms with E-state index in [0.29, 0.717) is 15.7 Å². The van der Waals surface area contributed by atoms with Gasteiger partial charge in [-0.2, -0.15) is 5.26 Å². The fourth-order valence-corrected chi connectivity index (χ4v) is 2.43. The number of benzene rings is 1. The number of hydrogen-bond acceptors (Lipinski definition) is 5. The summed E-state index contributed by atoms with van der Waals surface area (Å²) in [5, 5.41) is 18.8. The Morgan fingerprint density at radius 3 is 2.95 bits per heavy atom. The predicted molar refractivity (Wildman–Crippen MR) is 76.1 cm³/mol. The lowest BCUT2D eigenvalue weighted by Crippen LogP contribution is -1.81. The first-order valence-electron chi connectivity index (χ1n) is 5.55. The number of allylic oxidation sites excluding steroid dienone is 1. The topological polar surface area (TPSA) is 91.4 Å². The lowest BCUT2D eigenvalue weighted by atomic mass is 10.1. The van der Waals surface area contributed by atoms with E-state index in [0.717, 1.165) is 16.5 Å². The van der Waals surface area contributed by atoms with Gasteiger partial charge in [0.15, 0.2) is 5.01 Å². The average Bonchev–Trinajstić information content (AvgIpc) is 3.03. The van der Waals surface area contributed by atoms with Crippen LogP contribution in [-0.4, -0.2) is 15.2 Å². The maximum absolute atomic E-state index is 9.23. The molecule has 1 aromatic carbocycles. The minimum atomic E-state index is 0.357. The molecule has 2 aromatic heterocycles. The molecule has 19 heavy (non-hydrogen) atoms. The third-order valence-corrected chi connectivity index (χ3v) is 3.50. The molecule has 0 spiro atoms. The van der Waals surface area contributed by atoms with Crippen molar-refractivity contribution in [1.82, 2.24) is 15.2 Å². The largest absolute Gasteiger partial charge is 0.374 e. The molecular weight excluding hydrogens is 258 g/mol. The summed E-state index contributed by atoms with van der Waals surface area (Å²) in [6.07, 6.45) is 3.66. The molecule has 3 aromatic rings. The number of nitrogens with one attached hydrogen (secondary N) is 1. The molecule has 0 aliphatic carbocycles. The maximum Gasteiger partial charge on any atom is 0.203 e. The molecule has 6 heteroatoms. The van der Waals surface area contributed by atoms with Crippen molar-refractivity contribution in [3.8, 4) is 6.07 Å². The number of nitriles is 1. The molecule has 3 rings (SSSR count). The van der Waals surface area contributed by atoms with E-state index >= 15 is 0 Å². The van der Waals surface area contributed by atoms with Crippen LogP contribution < -0.4 is 5.73 Å². The van der Waals surface area contributed by atoms with Gasteiger partial charge in [0.25, 0.3) is 0 Å². The van der Waals surface area contributed by atoms with Crippen molar-refractivity contribution >= 4 is 39.0 Å². The molecule has 0 fully saturated rings. The summed E-state index contributed by atoms with van der Waals surface area (Å²) in [6.45, 7) is 0. The quantitative estimate of drug-likeness (QED) is 0.698. The first kappa shape index (κ1) is 11.4. The Labute approximate surface area is 113 Å². The van der Waals surface area contributed by atoms with Gasteiger partial charge in [-0.05, 0) is 12.1 Å². The van der Waals surface area contributed by atoms with Crippen molar-refractivity contribution in [2.45, 2.75) is 0 Å². The number of para-hydroxylation sites is 1. The van der Waals surface area contributed by atoms with E-state index < -0.39 is 0 Å². The molecule has 0 unspecified atom stereocenters. The first-order chi connectivity index (χ1) is 9.28. The van der Waals surface area contributed by atoms with Crippen molar-refractivity contribution < 1.29 is 0 Å². The Kier molecular flexibility index (Phi) is 2.74. The van der Waals surface area contributed by atoms with Gasteiger partial charge in [-0.1, -0.05) is 29.5 Å². The van der Waals surface area contributed by atoms with Crippen LogP contribution >= 0.6 is 11.3 Å². The Morgan fingerprint density at radius 1 is 1.37 bits per heavy atom. The third kappa shape index (κ3) is 2.07. The van der Waals surface area contributed by atoms with E-state index in [9.17, 15) is 5.26 Å². The molecule has 3 N–H and O–H groups in total. The number of fused-ring (bicyclic) bond motifs is 1. The van der Waals surface area contributed by atoms with Gasteiger partial charge >= 0.3 is 0 Å². The zero-order valence-electron chi connectivity index (χ0n) is 9.79. The summed E-state index contributed by atoms with van der Waals surface area (Å²) in [6, 6.07) is 10.0. The standard InChI is InChI=1S/C13H9N5S/c14-6-8(12-17-18-13(15)19-12)5-9-7-16-11-4-2-1-3-10(9)11/h1-5,7,16H,(H2,15,18)/b8-5+. The summed E-state index contributed by atoms with van der Waals surface area (Å²) in [7, 11) is 0. The second kappa shape index (κ2) is 4.55. The van der Waals surface area contributed by atoms with Crippen molar-refractivity contribution in [3.05, 3.63) is 41.0 Å². The minimum absolute atomic E-state index is 0.357. The number of nitrogen functional groups attached to an aromatic ring is 1. The van der Waals surface area contributed by atoms with Gasteiger partial charge in [0.05, 0.1) is 5.57 Å². The van der Waals surface area contributed by atoms with Gasteiger partial charge in [-0.3, -0.25) is 0 Å². The number of aromatic nitrogens is 3. The van der Waals surface area contributed by atoms with E-state index in [2.05, 4.69) is 21.3 Å². The second-order valence-electron chi connectivity index (χ2n) is 3.90. The Balaban J connectivity index is 2.11. The van der Waals surface area contributed by atoms with Gasteiger partial charge in [0.1, 0.15) is 6.07 Å². The zero-order chi connectivity index (χ0) is 13.2. The average molecular weight is 267 g/mol. The number of anilines is 1. The van der Waals surface area contributed by atoms with Crippen LogP contribution in [0.5, 0.6) is 0 Å². The molecule has 0 aliphatic rings. The molecule has 5 nitrogen and oxygen atoms in total. The second-order valence-corrected chi connectivity index (χ2v) is 4.91.